The highest BCUT2D eigenvalue weighted by Crippen LogP contribution is 2.49. The van der Waals surface area contributed by atoms with Gasteiger partial charge >= 0.3 is 0 Å². The molecular weight excluding hydrogens is 655 g/mol. The highest BCUT2D eigenvalue weighted by atomic mass is 16.7. The second-order valence-electron chi connectivity index (χ2n) is 15.3. The van der Waals surface area contributed by atoms with Gasteiger partial charge in [0, 0.05) is 13.2 Å². The molecule has 1 aliphatic carbocycles. The molecule has 3 rings (SSSR count). The summed E-state index contributed by atoms with van der Waals surface area (Å²) in [5.74, 6) is -0.412. The Morgan fingerprint density at radius 2 is 0.887 bits per heavy atom. The Kier molecular flexibility index (Phi) is 24.1. The van der Waals surface area contributed by atoms with Crippen LogP contribution in [0.2, 0.25) is 0 Å². The highest BCUT2D eigenvalue weighted by Gasteiger charge is 2.62. The summed E-state index contributed by atoms with van der Waals surface area (Å²) in [6.45, 7) is 5.69. The van der Waals surface area contributed by atoms with Gasteiger partial charge in [0.15, 0.2) is 6.29 Å². The molecule has 5 nitrogen and oxygen atoms in total. The van der Waals surface area contributed by atoms with Crippen molar-refractivity contribution in [1.82, 2.24) is 4.90 Å². The fourth-order valence-corrected chi connectivity index (χ4v) is 7.21. The van der Waals surface area contributed by atoms with Crippen molar-refractivity contribution in [3.8, 4) is 0 Å². The van der Waals surface area contributed by atoms with E-state index in [1.807, 2.05) is 12.1 Å². The van der Waals surface area contributed by atoms with Crippen LogP contribution in [-0.2, 0) is 9.47 Å². The fourth-order valence-electron chi connectivity index (χ4n) is 7.21. The zero-order valence-corrected chi connectivity index (χ0v) is 33.9. The van der Waals surface area contributed by atoms with E-state index < -0.39 is 11.8 Å². The summed E-state index contributed by atoms with van der Waals surface area (Å²) < 4.78 is 12.9. The van der Waals surface area contributed by atoms with Crippen molar-refractivity contribution in [3.63, 3.8) is 0 Å². The van der Waals surface area contributed by atoms with E-state index in [-0.39, 0.29) is 11.8 Å². The molecule has 2 aliphatic rings. The number of nitrogens with zero attached hydrogens (tertiary/aromatic N) is 1. The van der Waals surface area contributed by atoms with Crippen LogP contribution in [0.25, 0.3) is 0 Å². The average molecular weight is 730 g/mol. The van der Waals surface area contributed by atoms with E-state index in [2.05, 4.69) is 62.5 Å². The maximum atomic E-state index is 13.4. The molecule has 0 unspecified atom stereocenters. The van der Waals surface area contributed by atoms with E-state index >= 15 is 0 Å². The van der Waals surface area contributed by atoms with Gasteiger partial charge < -0.3 is 9.47 Å². The van der Waals surface area contributed by atoms with Crippen LogP contribution in [-0.4, -0.2) is 41.8 Å². The fraction of sp³-hybridized carbons (Fsp3) is 0.667. The number of rotatable bonds is 34. The number of hydrogen-bond acceptors (Lipinski definition) is 4. The second-order valence-corrected chi connectivity index (χ2v) is 15.3. The highest BCUT2D eigenvalue weighted by molar-refractivity contribution is 6.22. The Bertz CT molecular complexity index is 1160. The van der Waals surface area contributed by atoms with Gasteiger partial charge in [-0.25, -0.2) is 0 Å². The predicted octanol–water partition coefficient (Wildman–Crippen LogP) is 13.8. The lowest BCUT2D eigenvalue weighted by Crippen LogP contribution is -2.51. The largest absolute Gasteiger partial charge is 0.350 e. The smallest absolute Gasteiger partial charge is 0.262 e. The lowest BCUT2D eigenvalue weighted by Gasteiger charge is -2.33. The van der Waals surface area contributed by atoms with Crippen molar-refractivity contribution in [1.29, 1.82) is 0 Å². The number of allylic oxidation sites excluding steroid dienone is 8. The molecule has 1 saturated carbocycles. The third-order valence-electron chi connectivity index (χ3n) is 10.7. The van der Waals surface area contributed by atoms with Gasteiger partial charge in [-0.2, -0.15) is 0 Å². The van der Waals surface area contributed by atoms with Gasteiger partial charge in [0.2, 0.25) is 0 Å². The first-order chi connectivity index (χ1) is 26.2. The van der Waals surface area contributed by atoms with Crippen molar-refractivity contribution in [2.75, 3.05) is 13.2 Å². The van der Waals surface area contributed by atoms with E-state index in [1.165, 1.54) is 120 Å². The van der Waals surface area contributed by atoms with Crippen LogP contribution >= 0.6 is 0 Å². The van der Waals surface area contributed by atoms with Crippen molar-refractivity contribution < 1.29 is 19.1 Å². The van der Waals surface area contributed by atoms with E-state index in [9.17, 15) is 9.59 Å². The van der Waals surface area contributed by atoms with Gasteiger partial charge in [0.25, 0.3) is 11.8 Å². The number of fused-ring (bicyclic) bond motifs is 1. The third-order valence-corrected chi connectivity index (χ3v) is 10.7. The van der Waals surface area contributed by atoms with Crippen molar-refractivity contribution in [3.05, 3.63) is 84.0 Å². The standard InChI is InChI=1S/C48H75NO4/c1-3-5-7-9-11-13-15-17-19-21-23-25-27-29-31-35-41-52-47(48(39-40-48)49-45(50)43-37-33-34-38-44(43)46(49)51)53-42-36-32-30-28-26-24-22-20-18-16-14-12-10-8-6-4-2/h11-14,17-20,33-34,37-38,47H,3-10,15-16,21-32,35-36,39-42H2,1-2H3. The summed E-state index contributed by atoms with van der Waals surface area (Å²) in [5, 5.41) is 0. The quantitative estimate of drug-likeness (QED) is 0.0307. The molecule has 1 aromatic rings. The molecule has 53 heavy (non-hydrogen) atoms. The molecule has 0 N–H and O–H groups in total. The molecule has 1 aliphatic heterocycles. The molecule has 0 saturated heterocycles. The van der Waals surface area contributed by atoms with Crippen LogP contribution in [0.5, 0.6) is 0 Å². The number of unbranched alkanes of at least 4 members (excludes halogenated alkanes) is 18. The molecule has 0 aromatic heterocycles. The minimum atomic E-state index is -0.691. The van der Waals surface area contributed by atoms with Crippen LogP contribution in [0.1, 0.15) is 202 Å². The van der Waals surface area contributed by atoms with Crippen LogP contribution in [0.4, 0.5) is 0 Å². The lowest BCUT2D eigenvalue weighted by molar-refractivity contribution is -0.179. The first kappa shape index (κ1) is 44.6. The van der Waals surface area contributed by atoms with Gasteiger partial charge in [0.1, 0.15) is 5.54 Å². The summed E-state index contributed by atoms with van der Waals surface area (Å²) >= 11 is 0. The summed E-state index contributed by atoms with van der Waals surface area (Å²) in [7, 11) is 0. The normalized spacial score (nSPS) is 16.0. The summed E-state index contributed by atoms with van der Waals surface area (Å²) in [6, 6.07) is 7.18. The van der Waals surface area contributed by atoms with Crippen molar-refractivity contribution >= 4 is 11.8 Å². The maximum Gasteiger partial charge on any atom is 0.262 e. The van der Waals surface area contributed by atoms with Crippen molar-refractivity contribution in [2.45, 2.75) is 193 Å². The van der Waals surface area contributed by atoms with Gasteiger partial charge in [-0.1, -0.05) is 152 Å². The topological polar surface area (TPSA) is 55.8 Å². The monoisotopic (exact) mass is 730 g/mol. The molecule has 0 radical (unpaired) electrons. The van der Waals surface area contributed by atoms with E-state index in [4.69, 9.17) is 9.47 Å². The molecule has 0 bridgehead atoms. The number of hydrogen-bond donors (Lipinski definition) is 0. The Morgan fingerprint density at radius 1 is 0.528 bits per heavy atom. The summed E-state index contributed by atoms with van der Waals surface area (Å²) in [5.41, 5.74) is 0.305. The molecule has 5 heteroatoms. The van der Waals surface area contributed by atoms with Crippen LogP contribution < -0.4 is 0 Å². The summed E-state index contributed by atoms with van der Waals surface area (Å²) in [6.07, 6.45) is 48.3. The Morgan fingerprint density at radius 3 is 1.26 bits per heavy atom. The number of carbonyl (C=O) groups excluding carboxylic acids is 2. The van der Waals surface area contributed by atoms with Gasteiger partial charge in [-0.05, 0) is 102 Å². The molecule has 1 aromatic carbocycles. The third kappa shape index (κ3) is 17.5. The van der Waals surface area contributed by atoms with Crippen molar-refractivity contribution in [2.24, 2.45) is 0 Å². The molecular formula is C48H75NO4. The zero-order valence-electron chi connectivity index (χ0n) is 33.9. The number of benzene rings is 1. The molecule has 1 fully saturated rings. The van der Waals surface area contributed by atoms with E-state index in [0.717, 1.165) is 51.4 Å². The lowest BCUT2D eigenvalue weighted by atomic mass is 10.1. The first-order valence-electron chi connectivity index (χ1n) is 22.0. The molecule has 296 valence electrons. The Labute approximate surface area is 324 Å². The van der Waals surface area contributed by atoms with E-state index in [1.54, 1.807) is 12.1 Å². The Balaban J connectivity index is 1.31. The number of carbonyl (C=O) groups is 2. The van der Waals surface area contributed by atoms with Gasteiger partial charge in [-0.15, -0.1) is 0 Å². The second kappa shape index (κ2) is 28.7. The van der Waals surface area contributed by atoms with Crippen LogP contribution in [0.3, 0.4) is 0 Å². The zero-order chi connectivity index (χ0) is 37.7. The predicted molar refractivity (Wildman–Crippen MR) is 223 cm³/mol. The van der Waals surface area contributed by atoms with Gasteiger partial charge in [-0.3, -0.25) is 14.5 Å². The van der Waals surface area contributed by atoms with E-state index in [0.29, 0.717) is 24.3 Å². The summed E-state index contributed by atoms with van der Waals surface area (Å²) in [4.78, 5) is 28.4. The molecule has 1 heterocycles. The minimum absolute atomic E-state index is 0.206. The number of imide groups is 1. The molecule has 0 spiro atoms. The maximum absolute atomic E-state index is 13.4. The molecule has 2 amide bonds. The Hall–Kier alpha value is -2.76. The van der Waals surface area contributed by atoms with Crippen LogP contribution in [0, 0.1) is 0 Å². The van der Waals surface area contributed by atoms with Crippen LogP contribution in [0.15, 0.2) is 72.9 Å². The van der Waals surface area contributed by atoms with Gasteiger partial charge in [0.05, 0.1) is 11.1 Å². The number of ether oxygens (including phenoxy) is 2. The first-order valence-corrected chi connectivity index (χ1v) is 22.0. The minimum Gasteiger partial charge on any atom is -0.350 e. The average Bonchev–Trinajstić information content (AvgIpc) is 3.92. The molecule has 0 atom stereocenters. The SMILES string of the molecule is CCCCCC=CCC=CCCCCCCCCOC(OCCCCCCCCC=CCC=CCCCCC)C1(N2C(=O)c3ccccc3C2=O)CC1. The number of amides is 2.